The van der Waals surface area contributed by atoms with Gasteiger partial charge in [0.2, 0.25) is 11.5 Å². The van der Waals surface area contributed by atoms with Crippen molar-refractivity contribution in [3.05, 3.63) is 53.5 Å². The molecule has 1 N–H and O–H groups in total. The van der Waals surface area contributed by atoms with Crippen LogP contribution in [-0.4, -0.2) is 21.8 Å². The molecule has 0 saturated heterocycles. The second-order valence-electron chi connectivity index (χ2n) is 3.16. The molecule has 5 nitrogen and oxygen atoms in total. The second-order valence-corrected chi connectivity index (χ2v) is 3.16. The maximum absolute atomic E-state index is 12.6. The average Bonchev–Trinajstić information content (AvgIpc) is 2.78. The van der Waals surface area contributed by atoms with Crippen LogP contribution in [0.3, 0.4) is 0 Å². The summed E-state index contributed by atoms with van der Waals surface area (Å²) in [5.41, 5.74) is -0.0160. The fraction of sp³-hybridized carbons (Fsp3) is 0. The van der Waals surface area contributed by atoms with Gasteiger partial charge in [-0.05, 0) is 24.3 Å². The smallest absolute Gasteiger partial charge is 0.371 e. The van der Waals surface area contributed by atoms with Crippen LogP contribution in [-0.2, 0) is 0 Å². The highest BCUT2D eigenvalue weighted by Crippen LogP contribution is 2.12. The van der Waals surface area contributed by atoms with Crippen molar-refractivity contribution in [3.63, 3.8) is 0 Å². The minimum atomic E-state index is -1.27. The van der Waals surface area contributed by atoms with Crippen molar-refractivity contribution in [2.45, 2.75) is 0 Å². The highest BCUT2D eigenvalue weighted by Gasteiger charge is 2.17. The molecule has 6 heteroatoms. The van der Waals surface area contributed by atoms with Gasteiger partial charge in [-0.3, -0.25) is 4.79 Å². The molecule has 2 rings (SSSR count). The van der Waals surface area contributed by atoms with E-state index in [0.717, 1.165) is 12.3 Å². The third-order valence-electron chi connectivity index (χ3n) is 2.00. The summed E-state index contributed by atoms with van der Waals surface area (Å²) in [4.78, 5) is 25.8. The Labute approximate surface area is 94.5 Å². The quantitative estimate of drug-likeness (QED) is 0.819. The van der Waals surface area contributed by atoms with Crippen LogP contribution in [0.4, 0.5) is 4.39 Å². The lowest BCUT2D eigenvalue weighted by Gasteiger charge is -1.96. The zero-order chi connectivity index (χ0) is 12.4. The molecule has 86 valence electrons. The molecule has 0 aliphatic heterocycles. The molecule has 2 aromatic rings. The zero-order valence-corrected chi connectivity index (χ0v) is 8.38. The lowest BCUT2D eigenvalue weighted by atomic mass is 10.2. The Bertz CT molecular complexity index is 573. The largest absolute Gasteiger partial charge is 0.475 e. The van der Waals surface area contributed by atoms with Crippen LogP contribution in [0.2, 0.25) is 0 Å². The number of hydrogen-bond acceptors (Lipinski definition) is 4. The Morgan fingerprint density at radius 1 is 1.18 bits per heavy atom. The first-order valence-corrected chi connectivity index (χ1v) is 4.57. The van der Waals surface area contributed by atoms with E-state index in [-0.39, 0.29) is 17.2 Å². The van der Waals surface area contributed by atoms with Crippen LogP contribution in [0.15, 0.2) is 34.9 Å². The molecule has 0 aromatic carbocycles. The fourth-order valence-electron chi connectivity index (χ4n) is 1.21. The third kappa shape index (κ3) is 2.20. The Morgan fingerprint density at radius 3 is 2.41 bits per heavy atom. The van der Waals surface area contributed by atoms with Gasteiger partial charge in [0.1, 0.15) is 11.5 Å². The maximum atomic E-state index is 12.6. The number of carbonyl (C=O) groups is 2. The van der Waals surface area contributed by atoms with Gasteiger partial charge in [-0.2, -0.15) is 0 Å². The lowest BCUT2D eigenvalue weighted by molar-refractivity contribution is 0.0660. The van der Waals surface area contributed by atoms with Gasteiger partial charge in [0, 0.05) is 0 Å². The minimum Gasteiger partial charge on any atom is -0.475 e. The SMILES string of the molecule is O=C(O)c1ccc(C(=O)c2ccc(F)cn2)o1. The van der Waals surface area contributed by atoms with Crippen LogP contribution in [0.5, 0.6) is 0 Å². The van der Waals surface area contributed by atoms with Gasteiger partial charge < -0.3 is 9.52 Å². The molecule has 0 aliphatic rings. The first-order valence-electron chi connectivity index (χ1n) is 4.57. The second kappa shape index (κ2) is 4.17. The Morgan fingerprint density at radius 2 is 1.88 bits per heavy atom. The monoisotopic (exact) mass is 235 g/mol. The molecule has 0 fully saturated rings. The van der Waals surface area contributed by atoms with Crippen molar-refractivity contribution in [3.8, 4) is 0 Å². The molecule has 0 spiro atoms. The van der Waals surface area contributed by atoms with Gasteiger partial charge in [0.25, 0.3) is 0 Å². The van der Waals surface area contributed by atoms with Gasteiger partial charge in [-0.1, -0.05) is 0 Å². The first-order chi connectivity index (χ1) is 8.08. The number of hydrogen-bond donors (Lipinski definition) is 1. The number of halogens is 1. The van der Waals surface area contributed by atoms with Gasteiger partial charge in [-0.25, -0.2) is 14.2 Å². The number of nitrogens with zero attached hydrogens (tertiary/aromatic N) is 1. The van der Waals surface area contributed by atoms with Crippen LogP contribution in [0.25, 0.3) is 0 Å². The van der Waals surface area contributed by atoms with Crippen molar-refractivity contribution in [2.75, 3.05) is 0 Å². The summed E-state index contributed by atoms with van der Waals surface area (Å²) < 4.78 is 17.4. The molecule has 0 bridgehead atoms. The van der Waals surface area contributed by atoms with Crippen LogP contribution in [0, 0.1) is 5.82 Å². The Balaban J connectivity index is 2.30. The average molecular weight is 235 g/mol. The molecule has 0 atom stereocenters. The van der Waals surface area contributed by atoms with Crippen molar-refractivity contribution in [1.82, 2.24) is 4.98 Å². The molecule has 0 amide bonds. The highest BCUT2D eigenvalue weighted by molar-refractivity contribution is 6.06. The zero-order valence-electron chi connectivity index (χ0n) is 8.38. The molecule has 17 heavy (non-hydrogen) atoms. The van der Waals surface area contributed by atoms with E-state index in [4.69, 9.17) is 9.52 Å². The Kier molecular flexibility index (Phi) is 2.70. The number of pyridine rings is 1. The van der Waals surface area contributed by atoms with E-state index in [1.54, 1.807) is 0 Å². The van der Waals surface area contributed by atoms with E-state index >= 15 is 0 Å². The predicted molar refractivity (Wildman–Crippen MR) is 53.3 cm³/mol. The molecule has 0 saturated carbocycles. The number of ketones is 1. The van der Waals surface area contributed by atoms with Crippen molar-refractivity contribution in [1.29, 1.82) is 0 Å². The van der Waals surface area contributed by atoms with E-state index < -0.39 is 17.6 Å². The molecule has 0 unspecified atom stereocenters. The van der Waals surface area contributed by atoms with Crippen molar-refractivity contribution in [2.24, 2.45) is 0 Å². The lowest BCUT2D eigenvalue weighted by Crippen LogP contribution is -2.03. The number of furan rings is 1. The minimum absolute atomic E-state index is 0.0160. The maximum Gasteiger partial charge on any atom is 0.371 e. The van der Waals surface area contributed by atoms with E-state index in [1.807, 2.05) is 0 Å². The molecule has 0 aliphatic carbocycles. The summed E-state index contributed by atoms with van der Waals surface area (Å²) in [7, 11) is 0. The van der Waals surface area contributed by atoms with E-state index in [0.29, 0.717) is 0 Å². The van der Waals surface area contributed by atoms with Gasteiger partial charge in [0.05, 0.1) is 6.20 Å². The number of carboxylic acid groups (broad SMARTS) is 1. The van der Waals surface area contributed by atoms with E-state index in [2.05, 4.69) is 4.98 Å². The molecule has 2 aromatic heterocycles. The summed E-state index contributed by atoms with van der Waals surface area (Å²) in [6, 6.07) is 4.68. The number of rotatable bonds is 3. The summed E-state index contributed by atoms with van der Waals surface area (Å²) in [5, 5.41) is 8.62. The summed E-state index contributed by atoms with van der Waals surface area (Å²) in [5.74, 6) is -2.92. The van der Waals surface area contributed by atoms with Crippen molar-refractivity contribution < 1.29 is 23.5 Å². The van der Waals surface area contributed by atoms with Gasteiger partial charge >= 0.3 is 5.97 Å². The molecule has 0 radical (unpaired) electrons. The normalized spacial score (nSPS) is 10.2. The number of aromatic carboxylic acids is 1. The third-order valence-corrected chi connectivity index (χ3v) is 2.00. The Hall–Kier alpha value is -2.50. The van der Waals surface area contributed by atoms with Crippen molar-refractivity contribution >= 4 is 11.8 Å². The summed E-state index contributed by atoms with van der Waals surface area (Å²) in [6.45, 7) is 0. The fourth-order valence-corrected chi connectivity index (χ4v) is 1.21. The van der Waals surface area contributed by atoms with E-state index in [1.165, 1.54) is 18.2 Å². The van der Waals surface area contributed by atoms with Crippen LogP contribution < -0.4 is 0 Å². The summed E-state index contributed by atoms with van der Waals surface area (Å²) in [6.07, 6.45) is 0.897. The van der Waals surface area contributed by atoms with Crippen LogP contribution in [0.1, 0.15) is 26.8 Å². The standard InChI is InChI=1S/C11H6FNO4/c12-6-1-2-7(13-5-6)10(14)8-3-4-9(17-8)11(15)16/h1-5H,(H,15,16). The van der Waals surface area contributed by atoms with Crippen LogP contribution >= 0.6 is 0 Å². The number of aromatic nitrogens is 1. The molecular weight excluding hydrogens is 229 g/mol. The van der Waals surface area contributed by atoms with Gasteiger partial charge in [-0.15, -0.1) is 0 Å². The predicted octanol–water partition coefficient (Wildman–Crippen LogP) is 1.74. The highest BCUT2D eigenvalue weighted by atomic mass is 19.1. The van der Waals surface area contributed by atoms with E-state index in [9.17, 15) is 14.0 Å². The molecular formula is C11H6FNO4. The number of carboxylic acids is 1. The molecule has 2 heterocycles. The number of carbonyl (C=O) groups excluding carboxylic acids is 1. The first kappa shape index (κ1) is 11.0. The summed E-state index contributed by atoms with van der Waals surface area (Å²) >= 11 is 0. The van der Waals surface area contributed by atoms with Gasteiger partial charge in [0.15, 0.2) is 5.76 Å². The topological polar surface area (TPSA) is 80.4 Å².